The first-order chi connectivity index (χ1) is 13.9. The second-order valence-electron chi connectivity index (χ2n) is 7.36. The molecule has 2 fully saturated rings. The van der Waals surface area contributed by atoms with Crippen LogP contribution in [0.3, 0.4) is 0 Å². The summed E-state index contributed by atoms with van der Waals surface area (Å²) in [4.78, 5) is 16.1. The van der Waals surface area contributed by atoms with Crippen molar-refractivity contribution in [1.29, 1.82) is 0 Å². The van der Waals surface area contributed by atoms with Gasteiger partial charge in [-0.25, -0.2) is 12.8 Å². The van der Waals surface area contributed by atoms with E-state index in [2.05, 4.69) is 4.90 Å². The van der Waals surface area contributed by atoms with E-state index < -0.39 is 10.0 Å². The molecule has 154 valence electrons. The van der Waals surface area contributed by atoms with E-state index in [-0.39, 0.29) is 16.6 Å². The average Bonchev–Trinajstić information content (AvgIpc) is 2.75. The van der Waals surface area contributed by atoms with E-state index in [0.717, 1.165) is 24.2 Å². The largest absolute Gasteiger partial charge is 0.369 e. The third kappa shape index (κ3) is 4.13. The quantitative estimate of drug-likeness (QED) is 0.768. The first-order valence-corrected chi connectivity index (χ1v) is 11.3. The molecule has 2 aliphatic rings. The van der Waals surface area contributed by atoms with Crippen molar-refractivity contribution in [3.05, 3.63) is 54.3 Å². The lowest BCUT2D eigenvalue weighted by molar-refractivity contribution is -0.119. The molecular weight excluding hydrogens is 393 g/mol. The number of sulfonamides is 1. The van der Waals surface area contributed by atoms with Crippen LogP contribution in [-0.4, -0.2) is 51.4 Å². The molecule has 0 atom stereocenters. The summed E-state index contributed by atoms with van der Waals surface area (Å²) in [5.74, 6) is -0.201. The number of carbonyl (C=O) groups is 1. The number of nitrogens with zero attached hydrogens (tertiary/aromatic N) is 3. The minimum absolute atomic E-state index is 0.0868. The monoisotopic (exact) mass is 417 g/mol. The highest BCUT2D eigenvalue weighted by Gasteiger charge is 2.29. The maximum Gasteiger partial charge on any atom is 0.243 e. The van der Waals surface area contributed by atoms with Crippen molar-refractivity contribution in [2.45, 2.75) is 24.2 Å². The number of rotatable bonds is 4. The molecule has 2 heterocycles. The van der Waals surface area contributed by atoms with Crippen molar-refractivity contribution in [3.8, 4) is 0 Å². The Morgan fingerprint density at radius 3 is 2.00 bits per heavy atom. The number of benzene rings is 2. The van der Waals surface area contributed by atoms with E-state index in [1.165, 1.54) is 16.4 Å². The molecule has 6 nitrogen and oxygen atoms in total. The molecule has 0 aromatic heterocycles. The van der Waals surface area contributed by atoms with Crippen LogP contribution in [0.4, 0.5) is 15.8 Å². The predicted octanol–water partition coefficient (Wildman–Crippen LogP) is 2.85. The van der Waals surface area contributed by atoms with Gasteiger partial charge >= 0.3 is 0 Å². The van der Waals surface area contributed by atoms with Crippen molar-refractivity contribution in [3.63, 3.8) is 0 Å². The number of piperidine rings is 1. The van der Waals surface area contributed by atoms with Crippen LogP contribution in [0, 0.1) is 5.82 Å². The Kier molecular flexibility index (Phi) is 5.56. The summed E-state index contributed by atoms with van der Waals surface area (Å²) in [6.07, 6.45) is 2.41. The molecule has 2 aliphatic heterocycles. The van der Waals surface area contributed by atoms with Crippen LogP contribution in [0.15, 0.2) is 53.4 Å². The van der Waals surface area contributed by atoms with Gasteiger partial charge in [0.25, 0.3) is 0 Å². The number of hydrogen-bond acceptors (Lipinski definition) is 4. The summed E-state index contributed by atoms with van der Waals surface area (Å²) in [5.41, 5.74) is 1.63. The molecule has 0 N–H and O–H groups in total. The lowest BCUT2D eigenvalue weighted by Crippen LogP contribution is -2.48. The Labute approximate surface area is 170 Å². The van der Waals surface area contributed by atoms with Gasteiger partial charge in [-0.1, -0.05) is 0 Å². The topological polar surface area (TPSA) is 60.9 Å². The van der Waals surface area contributed by atoms with Crippen LogP contribution >= 0.6 is 0 Å². The molecule has 29 heavy (non-hydrogen) atoms. The van der Waals surface area contributed by atoms with Crippen LogP contribution < -0.4 is 9.80 Å². The molecule has 4 rings (SSSR count). The Hall–Kier alpha value is -2.45. The van der Waals surface area contributed by atoms with Crippen molar-refractivity contribution in [2.75, 3.05) is 42.5 Å². The number of hydrogen-bond donors (Lipinski definition) is 0. The third-order valence-electron chi connectivity index (χ3n) is 5.54. The lowest BCUT2D eigenvalue weighted by Gasteiger charge is -2.35. The second-order valence-corrected chi connectivity index (χ2v) is 9.30. The van der Waals surface area contributed by atoms with Crippen molar-refractivity contribution >= 4 is 27.3 Å². The van der Waals surface area contributed by atoms with Crippen LogP contribution in [0.1, 0.15) is 19.3 Å². The Morgan fingerprint density at radius 2 is 1.38 bits per heavy atom. The zero-order valence-electron chi connectivity index (χ0n) is 16.1. The van der Waals surface area contributed by atoms with Gasteiger partial charge in [0.05, 0.1) is 4.90 Å². The lowest BCUT2D eigenvalue weighted by atomic mass is 10.1. The molecule has 1 amide bonds. The SMILES string of the molecule is O=C1CCCCN1c1ccc(S(=O)(=O)N2CCN(c3ccc(F)cc3)CC2)cc1. The van der Waals surface area contributed by atoms with Gasteiger partial charge in [0.2, 0.25) is 15.9 Å². The van der Waals surface area contributed by atoms with Gasteiger partial charge in [-0.05, 0) is 61.4 Å². The molecule has 0 unspecified atom stereocenters. The van der Waals surface area contributed by atoms with Crippen LogP contribution in [0.5, 0.6) is 0 Å². The minimum atomic E-state index is -3.59. The van der Waals surface area contributed by atoms with Gasteiger partial charge in [0, 0.05) is 50.5 Å². The fourth-order valence-electron chi connectivity index (χ4n) is 3.86. The van der Waals surface area contributed by atoms with E-state index in [9.17, 15) is 17.6 Å². The summed E-state index contributed by atoms with van der Waals surface area (Å²) in [6.45, 7) is 2.50. The molecule has 0 spiro atoms. The van der Waals surface area contributed by atoms with E-state index in [4.69, 9.17) is 0 Å². The minimum Gasteiger partial charge on any atom is -0.369 e. The van der Waals surface area contributed by atoms with Crippen molar-refractivity contribution < 1.29 is 17.6 Å². The first kappa shape index (κ1) is 19.8. The molecule has 0 saturated carbocycles. The Balaban J connectivity index is 1.43. The van der Waals surface area contributed by atoms with Crippen molar-refractivity contribution in [2.24, 2.45) is 0 Å². The summed E-state index contributed by atoms with van der Waals surface area (Å²) in [6, 6.07) is 12.8. The van der Waals surface area contributed by atoms with Gasteiger partial charge in [-0.2, -0.15) is 4.31 Å². The van der Waals surface area contributed by atoms with E-state index in [1.807, 2.05) is 0 Å². The summed E-state index contributed by atoms with van der Waals surface area (Å²) >= 11 is 0. The molecule has 2 aromatic carbocycles. The maximum atomic E-state index is 13.1. The van der Waals surface area contributed by atoms with E-state index in [0.29, 0.717) is 39.1 Å². The number of carbonyl (C=O) groups excluding carboxylic acids is 1. The van der Waals surface area contributed by atoms with Gasteiger partial charge < -0.3 is 9.80 Å². The van der Waals surface area contributed by atoms with Crippen LogP contribution in [-0.2, 0) is 14.8 Å². The zero-order valence-corrected chi connectivity index (χ0v) is 16.9. The third-order valence-corrected chi connectivity index (χ3v) is 7.45. The smallest absolute Gasteiger partial charge is 0.243 e. The van der Waals surface area contributed by atoms with Crippen LogP contribution in [0.25, 0.3) is 0 Å². The Bertz CT molecular complexity index is 969. The normalized spacial score (nSPS) is 18.9. The molecule has 2 saturated heterocycles. The number of piperazine rings is 1. The second kappa shape index (κ2) is 8.12. The number of halogens is 1. The maximum absolute atomic E-state index is 13.1. The standard InChI is InChI=1S/C21H24FN3O3S/c22-17-4-6-18(7-5-17)23-13-15-24(16-14-23)29(27,28)20-10-8-19(9-11-20)25-12-2-1-3-21(25)26/h4-11H,1-3,12-16H2. The van der Waals surface area contributed by atoms with Gasteiger partial charge in [0.1, 0.15) is 5.82 Å². The molecule has 2 aromatic rings. The summed E-state index contributed by atoms with van der Waals surface area (Å²) < 4.78 is 40.6. The number of amides is 1. The predicted molar refractivity (Wildman–Crippen MR) is 110 cm³/mol. The molecular formula is C21H24FN3O3S. The van der Waals surface area contributed by atoms with Gasteiger partial charge in [-0.3, -0.25) is 4.79 Å². The molecule has 8 heteroatoms. The van der Waals surface area contributed by atoms with E-state index in [1.54, 1.807) is 41.3 Å². The molecule has 0 radical (unpaired) electrons. The van der Waals surface area contributed by atoms with Crippen molar-refractivity contribution in [1.82, 2.24) is 4.31 Å². The van der Waals surface area contributed by atoms with Gasteiger partial charge in [0.15, 0.2) is 0 Å². The highest BCUT2D eigenvalue weighted by Crippen LogP contribution is 2.25. The fraction of sp³-hybridized carbons (Fsp3) is 0.381. The molecule has 0 aliphatic carbocycles. The summed E-state index contributed by atoms with van der Waals surface area (Å²) in [5, 5.41) is 0. The average molecular weight is 418 g/mol. The zero-order chi connectivity index (χ0) is 20.4. The molecule has 0 bridgehead atoms. The highest BCUT2D eigenvalue weighted by molar-refractivity contribution is 7.89. The fourth-order valence-corrected chi connectivity index (χ4v) is 5.29. The highest BCUT2D eigenvalue weighted by atomic mass is 32.2. The van der Waals surface area contributed by atoms with Crippen LogP contribution in [0.2, 0.25) is 0 Å². The van der Waals surface area contributed by atoms with E-state index >= 15 is 0 Å². The number of anilines is 2. The Morgan fingerprint density at radius 1 is 0.759 bits per heavy atom. The van der Waals surface area contributed by atoms with Gasteiger partial charge in [-0.15, -0.1) is 0 Å². The first-order valence-electron chi connectivity index (χ1n) is 9.86. The summed E-state index contributed by atoms with van der Waals surface area (Å²) in [7, 11) is -3.59.